The van der Waals surface area contributed by atoms with Gasteiger partial charge in [0, 0.05) is 32.4 Å². The van der Waals surface area contributed by atoms with Gasteiger partial charge in [-0.2, -0.15) is 0 Å². The molecule has 0 atom stereocenters. The fraction of sp³-hybridized carbons (Fsp3) is 0.615. The molecular weight excluding hydrogens is 214 g/mol. The van der Waals surface area contributed by atoms with Crippen molar-refractivity contribution in [3.8, 4) is 0 Å². The van der Waals surface area contributed by atoms with Crippen LogP contribution in [0.1, 0.15) is 23.3 Å². The Balaban J connectivity index is 1.58. The minimum atomic E-state index is 0.174. The Hall–Kier alpha value is -1.29. The van der Waals surface area contributed by atoms with Gasteiger partial charge in [0.1, 0.15) is 5.69 Å². The van der Waals surface area contributed by atoms with Gasteiger partial charge in [-0.1, -0.05) is 0 Å². The number of likely N-dealkylation sites (tertiary alicyclic amines) is 2. The number of amides is 1. The van der Waals surface area contributed by atoms with Gasteiger partial charge in [-0.05, 0) is 38.1 Å². The number of hydrogen-bond donors (Lipinski definition) is 0. The van der Waals surface area contributed by atoms with E-state index in [-0.39, 0.29) is 5.91 Å². The van der Waals surface area contributed by atoms with Crippen LogP contribution in [0.5, 0.6) is 0 Å². The van der Waals surface area contributed by atoms with E-state index in [9.17, 15) is 4.79 Å². The van der Waals surface area contributed by atoms with Gasteiger partial charge in [-0.3, -0.25) is 9.69 Å². The molecule has 92 valence electrons. The normalized spacial score (nSPS) is 21.8. The van der Waals surface area contributed by atoms with E-state index in [2.05, 4.69) is 4.90 Å². The SMILES string of the molecule is Cn1cccc1C(=O)N1CC(N2CCCC2)C1. The average Bonchev–Trinajstić information content (AvgIpc) is 2.86. The van der Waals surface area contributed by atoms with Crippen molar-refractivity contribution in [2.75, 3.05) is 26.2 Å². The number of hydrogen-bond acceptors (Lipinski definition) is 2. The van der Waals surface area contributed by atoms with Crippen LogP contribution in [0.15, 0.2) is 18.3 Å². The molecule has 2 fully saturated rings. The van der Waals surface area contributed by atoms with Crippen molar-refractivity contribution in [2.45, 2.75) is 18.9 Å². The molecule has 0 bridgehead atoms. The number of carbonyl (C=O) groups excluding carboxylic acids is 1. The molecule has 2 aliphatic rings. The smallest absolute Gasteiger partial charge is 0.270 e. The van der Waals surface area contributed by atoms with Gasteiger partial charge in [0.2, 0.25) is 0 Å². The van der Waals surface area contributed by atoms with Crippen molar-refractivity contribution in [2.24, 2.45) is 7.05 Å². The van der Waals surface area contributed by atoms with E-state index in [0.717, 1.165) is 18.8 Å². The second-order valence-electron chi connectivity index (χ2n) is 5.11. The Morgan fingerprint density at radius 1 is 1.29 bits per heavy atom. The molecule has 17 heavy (non-hydrogen) atoms. The molecule has 1 aromatic heterocycles. The molecule has 0 aliphatic carbocycles. The van der Waals surface area contributed by atoms with Crippen LogP contribution in [0.3, 0.4) is 0 Å². The summed E-state index contributed by atoms with van der Waals surface area (Å²) < 4.78 is 1.89. The predicted molar refractivity (Wildman–Crippen MR) is 65.9 cm³/mol. The summed E-state index contributed by atoms with van der Waals surface area (Å²) in [5.41, 5.74) is 0.796. The van der Waals surface area contributed by atoms with Crippen LogP contribution >= 0.6 is 0 Å². The van der Waals surface area contributed by atoms with Gasteiger partial charge in [0.25, 0.3) is 5.91 Å². The highest BCUT2D eigenvalue weighted by molar-refractivity contribution is 5.93. The minimum absolute atomic E-state index is 0.174. The molecule has 1 aromatic rings. The Kier molecular flexibility index (Phi) is 2.67. The molecule has 0 N–H and O–H groups in total. The van der Waals surface area contributed by atoms with Crippen molar-refractivity contribution in [1.29, 1.82) is 0 Å². The van der Waals surface area contributed by atoms with E-state index in [0.29, 0.717) is 6.04 Å². The van der Waals surface area contributed by atoms with Gasteiger partial charge in [-0.25, -0.2) is 0 Å². The molecule has 0 spiro atoms. The quantitative estimate of drug-likeness (QED) is 0.760. The first-order chi connectivity index (χ1) is 8.25. The van der Waals surface area contributed by atoms with Crippen molar-refractivity contribution in [3.63, 3.8) is 0 Å². The topological polar surface area (TPSA) is 28.5 Å². The molecule has 2 saturated heterocycles. The maximum Gasteiger partial charge on any atom is 0.270 e. The lowest BCUT2D eigenvalue weighted by Gasteiger charge is -2.44. The standard InChI is InChI=1S/C13H19N3O/c1-14-6-4-5-12(14)13(17)16-9-11(10-16)15-7-2-3-8-15/h4-6,11H,2-3,7-10H2,1H3. The Morgan fingerprint density at radius 3 is 2.59 bits per heavy atom. The molecule has 3 rings (SSSR count). The van der Waals surface area contributed by atoms with E-state index in [1.165, 1.54) is 25.9 Å². The van der Waals surface area contributed by atoms with Crippen LogP contribution in [-0.4, -0.2) is 52.5 Å². The largest absolute Gasteiger partial charge is 0.347 e. The van der Waals surface area contributed by atoms with Crippen LogP contribution < -0.4 is 0 Å². The molecule has 0 aromatic carbocycles. The van der Waals surface area contributed by atoms with Crippen molar-refractivity contribution in [1.82, 2.24) is 14.4 Å². The fourth-order valence-corrected chi connectivity index (χ4v) is 2.80. The summed E-state index contributed by atoms with van der Waals surface area (Å²) in [4.78, 5) is 16.6. The molecule has 2 aliphatic heterocycles. The second kappa shape index (κ2) is 4.18. The highest BCUT2D eigenvalue weighted by Crippen LogP contribution is 2.21. The van der Waals surface area contributed by atoms with Gasteiger partial charge >= 0.3 is 0 Å². The third kappa shape index (κ3) is 1.86. The van der Waals surface area contributed by atoms with Gasteiger partial charge in [0.15, 0.2) is 0 Å². The zero-order chi connectivity index (χ0) is 11.8. The van der Waals surface area contributed by atoms with Gasteiger partial charge < -0.3 is 9.47 Å². The number of aromatic nitrogens is 1. The molecule has 3 heterocycles. The van der Waals surface area contributed by atoms with E-state index < -0.39 is 0 Å². The van der Waals surface area contributed by atoms with E-state index >= 15 is 0 Å². The fourth-order valence-electron chi connectivity index (χ4n) is 2.80. The summed E-state index contributed by atoms with van der Waals surface area (Å²) in [6.07, 6.45) is 4.56. The summed E-state index contributed by atoms with van der Waals surface area (Å²) in [5, 5.41) is 0. The Morgan fingerprint density at radius 2 is 2.00 bits per heavy atom. The molecule has 1 amide bonds. The highest BCUT2D eigenvalue weighted by Gasteiger charge is 2.36. The van der Waals surface area contributed by atoms with Crippen molar-refractivity contribution < 1.29 is 4.79 Å². The van der Waals surface area contributed by atoms with Crippen LogP contribution in [0.25, 0.3) is 0 Å². The van der Waals surface area contributed by atoms with Gasteiger partial charge in [0.05, 0.1) is 0 Å². The summed E-state index contributed by atoms with van der Waals surface area (Å²) in [6.45, 7) is 4.25. The Bertz CT molecular complexity index is 414. The van der Waals surface area contributed by atoms with E-state index in [1.807, 2.05) is 34.8 Å². The Labute approximate surface area is 102 Å². The monoisotopic (exact) mass is 233 g/mol. The number of aryl methyl sites for hydroxylation is 1. The van der Waals surface area contributed by atoms with Crippen LogP contribution in [0.2, 0.25) is 0 Å². The highest BCUT2D eigenvalue weighted by atomic mass is 16.2. The van der Waals surface area contributed by atoms with Crippen LogP contribution in [0, 0.1) is 0 Å². The zero-order valence-corrected chi connectivity index (χ0v) is 10.3. The number of carbonyl (C=O) groups is 1. The van der Waals surface area contributed by atoms with Crippen molar-refractivity contribution in [3.05, 3.63) is 24.0 Å². The lowest BCUT2D eigenvalue weighted by molar-refractivity contribution is 0.0326. The summed E-state index contributed by atoms with van der Waals surface area (Å²) in [7, 11) is 1.92. The maximum atomic E-state index is 12.2. The molecule has 0 radical (unpaired) electrons. The number of nitrogens with zero attached hydrogens (tertiary/aromatic N) is 3. The van der Waals surface area contributed by atoms with Crippen molar-refractivity contribution >= 4 is 5.91 Å². The summed E-state index contributed by atoms with van der Waals surface area (Å²) in [5.74, 6) is 0.174. The first-order valence-corrected chi connectivity index (χ1v) is 6.40. The minimum Gasteiger partial charge on any atom is -0.347 e. The molecule has 0 unspecified atom stereocenters. The number of rotatable bonds is 2. The average molecular weight is 233 g/mol. The lowest BCUT2D eigenvalue weighted by Crippen LogP contribution is -2.60. The second-order valence-corrected chi connectivity index (χ2v) is 5.11. The first-order valence-electron chi connectivity index (χ1n) is 6.40. The first kappa shape index (κ1) is 10.8. The third-order valence-electron chi connectivity index (χ3n) is 3.97. The molecule has 4 nitrogen and oxygen atoms in total. The zero-order valence-electron chi connectivity index (χ0n) is 10.3. The van der Waals surface area contributed by atoms with Crippen LogP contribution in [-0.2, 0) is 7.05 Å². The third-order valence-corrected chi connectivity index (χ3v) is 3.97. The molecule has 0 saturated carbocycles. The predicted octanol–water partition coefficient (Wildman–Crippen LogP) is 0.945. The van der Waals surface area contributed by atoms with E-state index in [4.69, 9.17) is 0 Å². The molecular formula is C13H19N3O. The lowest BCUT2D eigenvalue weighted by atomic mass is 10.1. The summed E-state index contributed by atoms with van der Waals surface area (Å²) in [6, 6.07) is 4.43. The molecule has 4 heteroatoms. The maximum absolute atomic E-state index is 12.2. The van der Waals surface area contributed by atoms with Gasteiger partial charge in [-0.15, -0.1) is 0 Å². The summed E-state index contributed by atoms with van der Waals surface area (Å²) >= 11 is 0. The van der Waals surface area contributed by atoms with Crippen LogP contribution in [0.4, 0.5) is 0 Å². The van der Waals surface area contributed by atoms with E-state index in [1.54, 1.807) is 0 Å².